The first kappa shape index (κ1) is 31.3. The highest BCUT2D eigenvalue weighted by molar-refractivity contribution is 6.25. The van der Waals surface area contributed by atoms with Gasteiger partial charge in [-0.2, -0.15) is 0 Å². The van der Waals surface area contributed by atoms with Crippen molar-refractivity contribution in [2.24, 2.45) is 0 Å². The molecule has 0 aliphatic rings. The van der Waals surface area contributed by atoms with Crippen molar-refractivity contribution in [2.75, 3.05) is 0 Å². The second kappa shape index (κ2) is 12.7. The fraction of sp³-hybridized carbons (Fsp3) is 0. The molecule has 0 N–H and O–H groups in total. The number of fused-ring (bicyclic) bond motifs is 9. The molecule has 11 aromatic rings. The SMILES string of the molecule is c1cc(-c2ccc(-c3cccc(-c4cccc5c4oc4ccccc45)c3)cc2)cc(-c2ccnc(-c3ccc4c5ccccc5c5ccccc5c4c3)c2)c1. The lowest BCUT2D eigenvalue weighted by molar-refractivity contribution is 0.670. The van der Waals surface area contributed by atoms with Gasteiger partial charge < -0.3 is 4.42 Å². The van der Waals surface area contributed by atoms with E-state index in [0.717, 1.165) is 55.4 Å². The van der Waals surface area contributed by atoms with Crippen LogP contribution in [0.15, 0.2) is 205 Å². The van der Waals surface area contributed by atoms with E-state index in [2.05, 4.69) is 182 Å². The van der Waals surface area contributed by atoms with Gasteiger partial charge in [0.15, 0.2) is 0 Å². The van der Waals surface area contributed by atoms with Crippen LogP contribution in [-0.4, -0.2) is 4.98 Å². The third kappa shape index (κ3) is 5.30. The molecular formula is C53H33NO. The molecule has 2 nitrogen and oxygen atoms in total. The summed E-state index contributed by atoms with van der Waals surface area (Å²) in [4.78, 5) is 4.85. The van der Waals surface area contributed by atoms with Crippen LogP contribution in [0.5, 0.6) is 0 Å². The predicted molar refractivity (Wildman–Crippen MR) is 231 cm³/mol. The normalized spacial score (nSPS) is 11.6. The summed E-state index contributed by atoms with van der Waals surface area (Å²) in [5, 5.41) is 9.91. The van der Waals surface area contributed by atoms with E-state index in [1.165, 1.54) is 54.6 Å². The van der Waals surface area contributed by atoms with E-state index in [4.69, 9.17) is 9.40 Å². The van der Waals surface area contributed by atoms with E-state index in [-0.39, 0.29) is 0 Å². The van der Waals surface area contributed by atoms with E-state index < -0.39 is 0 Å². The molecule has 0 fully saturated rings. The summed E-state index contributed by atoms with van der Waals surface area (Å²) in [5.41, 5.74) is 13.2. The summed E-state index contributed by atoms with van der Waals surface area (Å²) in [6, 6.07) is 69.6. The molecule has 9 aromatic carbocycles. The fourth-order valence-electron chi connectivity index (χ4n) is 8.41. The van der Waals surface area contributed by atoms with Gasteiger partial charge in [0, 0.05) is 28.1 Å². The van der Waals surface area contributed by atoms with Gasteiger partial charge in [0.25, 0.3) is 0 Å². The molecule has 2 heteroatoms. The Labute approximate surface area is 318 Å². The maximum atomic E-state index is 6.36. The number of nitrogens with zero attached hydrogens (tertiary/aromatic N) is 1. The fourth-order valence-corrected chi connectivity index (χ4v) is 8.41. The molecule has 55 heavy (non-hydrogen) atoms. The van der Waals surface area contributed by atoms with Gasteiger partial charge in [-0.25, -0.2) is 0 Å². The molecule has 0 atom stereocenters. The van der Waals surface area contributed by atoms with E-state index in [9.17, 15) is 0 Å². The Kier molecular flexibility index (Phi) is 7.21. The molecule has 2 heterocycles. The van der Waals surface area contributed by atoms with Crippen LogP contribution in [0.4, 0.5) is 0 Å². The van der Waals surface area contributed by atoms with Crippen LogP contribution in [0.3, 0.4) is 0 Å². The Bertz CT molecular complexity index is 3230. The maximum absolute atomic E-state index is 6.36. The topological polar surface area (TPSA) is 26.0 Å². The standard InChI is InChI=1S/C53H33NO/c1-2-16-45-43(14-1)44-15-3-4-17-46(44)50-32-41(26-27-47(45)50)51-33-39(28-29-54-51)38-12-7-10-36(30-38)34-22-24-35(25-23-34)37-11-8-13-40(31-37)42-19-9-20-49-48-18-5-6-21-52(48)55-53(42)49/h1-33H. The molecule has 256 valence electrons. The van der Waals surface area contributed by atoms with E-state index >= 15 is 0 Å². The highest BCUT2D eigenvalue weighted by Gasteiger charge is 2.14. The minimum absolute atomic E-state index is 0.915. The van der Waals surface area contributed by atoms with Crippen molar-refractivity contribution in [3.05, 3.63) is 200 Å². The van der Waals surface area contributed by atoms with E-state index in [0.29, 0.717) is 0 Å². The second-order valence-corrected chi connectivity index (χ2v) is 14.3. The highest BCUT2D eigenvalue weighted by Crippen LogP contribution is 2.39. The molecule has 11 rings (SSSR count). The summed E-state index contributed by atoms with van der Waals surface area (Å²) < 4.78 is 6.36. The average molecular weight is 700 g/mol. The van der Waals surface area contributed by atoms with Crippen LogP contribution < -0.4 is 0 Å². The first-order chi connectivity index (χ1) is 27.2. The molecule has 0 bridgehead atoms. The zero-order chi connectivity index (χ0) is 36.3. The predicted octanol–water partition coefficient (Wildman–Crippen LogP) is 14.8. The number of pyridine rings is 1. The number of benzene rings is 9. The van der Waals surface area contributed by atoms with Gasteiger partial charge in [0.05, 0.1) is 5.69 Å². The minimum Gasteiger partial charge on any atom is -0.455 e. The molecule has 0 saturated carbocycles. The lowest BCUT2D eigenvalue weighted by atomic mass is 9.92. The first-order valence-electron chi connectivity index (χ1n) is 18.8. The summed E-state index contributed by atoms with van der Waals surface area (Å²) in [5.74, 6) is 0. The number of rotatable bonds is 5. The zero-order valence-corrected chi connectivity index (χ0v) is 29.9. The Balaban J connectivity index is 0.903. The van der Waals surface area contributed by atoms with Crippen LogP contribution in [0.2, 0.25) is 0 Å². The van der Waals surface area contributed by atoms with Gasteiger partial charge in [-0.3, -0.25) is 4.98 Å². The number of furan rings is 1. The lowest BCUT2D eigenvalue weighted by Gasteiger charge is -2.12. The minimum atomic E-state index is 0.915. The molecule has 0 saturated heterocycles. The molecule has 0 unspecified atom stereocenters. The number of aromatic nitrogens is 1. The largest absolute Gasteiger partial charge is 0.455 e. The highest BCUT2D eigenvalue weighted by atomic mass is 16.3. The smallest absolute Gasteiger partial charge is 0.143 e. The first-order valence-corrected chi connectivity index (χ1v) is 18.8. The summed E-state index contributed by atoms with van der Waals surface area (Å²) in [6.45, 7) is 0. The molecule has 0 aliphatic heterocycles. The monoisotopic (exact) mass is 699 g/mol. The Morgan fingerprint density at radius 2 is 0.782 bits per heavy atom. The molecule has 0 amide bonds. The van der Waals surface area contributed by atoms with E-state index in [1.54, 1.807) is 0 Å². The van der Waals surface area contributed by atoms with Crippen molar-refractivity contribution < 1.29 is 4.42 Å². The molecule has 0 spiro atoms. The quantitative estimate of drug-likeness (QED) is 0.167. The Morgan fingerprint density at radius 1 is 0.291 bits per heavy atom. The number of para-hydroxylation sites is 2. The van der Waals surface area contributed by atoms with Gasteiger partial charge in [0.2, 0.25) is 0 Å². The van der Waals surface area contributed by atoms with Crippen LogP contribution in [0.25, 0.3) is 110 Å². The Hall–Kier alpha value is -7.29. The van der Waals surface area contributed by atoms with Gasteiger partial charge in [-0.15, -0.1) is 0 Å². The van der Waals surface area contributed by atoms with Crippen molar-refractivity contribution in [3.8, 4) is 55.8 Å². The average Bonchev–Trinajstić information content (AvgIpc) is 3.66. The van der Waals surface area contributed by atoms with Crippen molar-refractivity contribution in [2.45, 2.75) is 0 Å². The molecule has 0 aliphatic carbocycles. The van der Waals surface area contributed by atoms with Crippen LogP contribution >= 0.6 is 0 Å². The molecular weight excluding hydrogens is 667 g/mol. The van der Waals surface area contributed by atoms with E-state index in [1.807, 2.05) is 18.3 Å². The van der Waals surface area contributed by atoms with Gasteiger partial charge in [-0.05, 0) is 108 Å². The van der Waals surface area contributed by atoms with Crippen LogP contribution in [0, 0.1) is 0 Å². The number of hydrogen-bond donors (Lipinski definition) is 0. The maximum Gasteiger partial charge on any atom is 0.143 e. The van der Waals surface area contributed by atoms with Crippen LogP contribution in [0.1, 0.15) is 0 Å². The van der Waals surface area contributed by atoms with Crippen LogP contribution in [-0.2, 0) is 0 Å². The van der Waals surface area contributed by atoms with Crippen molar-refractivity contribution >= 4 is 54.3 Å². The van der Waals surface area contributed by atoms with Gasteiger partial charge in [-0.1, -0.05) is 158 Å². The molecule has 2 aromatic heterocycles. The summed E-state index contributed by atoms with van der Waals surface area (Å²) in [6.07, 6.45) is 1.93. The summed E-state index contributed by atoms with van der Waals surface area (Å²) in [7, 11) is 0. The molecule has 0 radical (unpaired) electrons. The van der Waals surface area contributed by atoms with Crippen molar-refractivity contribution in [1.82, 2.24) is 4.98 Å². The third-order valence-corrected chi connectivity index (χ3v) is 11.1. The zero-order valence-electron chi connectivity index (χ0n) is 29.9. The van der Waals surface area contributed by atoms with Crippen molar-refractivity contribution in [1.29, 1.82) is 0 Å². The second-order valence-electron chi connectivity index (χ2n) is 14.3. The van der Waals surface area contributed by atoms with Gasteiger partial charge in [0.1, 0.15) is 11.2 Å². The summed E-state index contributed by atoms with van der Waals surface area (Å²) >= 11 is 0. The van der Waals surface area contributed by atoms with Crippen molar-refractivity contribution in [3.63, 3.8) is 0 Å². The third-order valence-electron chi connectivity index (χ3n) is 11.1. The van der Waals surface area contributed by atoms with Gasteiger partial charge >= 0.3 is 0 Å². The lowest BCUT2D eigenvalue weighted by Crippen LogP contribution is -1.88. The Morgan fingerprint density at radius 3 is 1.47 bits per heavy atom. The number of hydrogen-bond acceptors (Lipinski definition) is 2.